The van der Waals surface area contributed by atoms with Crippen LogP contribution in [0.2, 0.25) is 30.1 Å². The van der Waals surface area contributed by atoms with Crippen LogP contribution >= 0.6 is 69.6 Å². The van der Waals surface area contributed by atoms with Crippen molar-refractivity contribution in [3.63, 3.8) is 0 Å². The van der Waals surface area contributed by atoms with Crippen LogP contribution in [-0.4, -0.2) is 67.3 Å². The highest BCUT2D eigenvalue weighted by atomic mass is 35.5. The summed E-state index contributed by atoms with van der Waals surface area (Å²) in [6, 6.07) is 25.0. The maximum Gasteiger partial charge on any atom is 0.315 e. The molecule has 0 aliphatic rings. The van der Waals surface area contributed by atoms with Crippen LogP contribution in [-0.2, 0) is 44.8 Å². The number of hydrogen-bond acceptors (Lipinski definition) is 11. The Labute approximate surface area is 463 Å². The van der Waals surface area contributed by atoms with E-state index in [0.717, 1.165) is 22.3 Å². The second-order valence-corrected chi connectivity index (χ2v) is 21.0. The molecule has 0 saturated heterocycles. The fourth-order valence-electron chi connectivity index (χ4n) is 7.71. The maximum atomic E-state index is 12.3. The number of hydrogen-bond donors (Lipinski definition) is 3. The summed E-state index contributed by atoms with van der Waals surface area (Å²) in [6.45, 7) is 18.6. The van der Waals surface area contributed by atoms with Crippen molar-refractivity contribution >= 4 is 87.5 Å². The van der Waals surface area contributed by atoms with Gasteiger partial charge in [0.05, 0.1) is 61.4 Å². The molecule has 0 spiro atoms. The molecule has 6 aromatic rings. The Bertz CT molecular complexity index is 2800. The Hall–Kier alpha value is -5.53. The third-order valence-corrected chi connectivity index (χ3v) is 13.2. The second-order valence-electron chi connectivity index (χ2n) is 18.3. The Morgan fingerprint density at radius 2 is 0.662 bits per heavy atom. The molecule has 0 saturated carbocycles. The SMILES string of the molecule is CCOC(=O)C(C)(C)c1cc(C)c(-c2cc(Cl)cc(Cl)c2)c(OC)c1.CCOC(=O)C(C)(C)c1cc(O)c(-c2cc(Cl)cc(Cl)c2)c(O)c1.CCOC(=O)C(C)(C)c1cc(O)c(-c2cc(Cl)cc(Cl)c2)c(OC)c1. The lowest BCUT2D eigenvalue weighted by Gasteiger charge is -2.25. The quantitative estimate of drug-likeness (QED) is 0.0704. The lowest BCUT2D eigenvalue weighted by atomic mass is 9.82. The summed E-state index contributed by atoms with van der Waals surface area (Å²) in [5.41, 5.74) is 3.59. The minimum atomic E-state index is -1.02. The van der Waals surface area contributed by atoms with Crippen molar-refractivity contribution in [2.45, 2.75) is 85.5 Å². The summed E-state index contributed by atoms with van der Waals surface area (Å²) < 4.78 is 26.4. The molecule has 3 N–H and O–H groups in total. The highest BCUT2D eigenvalue weighted by Gasteiger charge is 2.35. The minimum Gasteiger partial charge on any atom is -0.507 e. The summed E-state index contributed by atoms with van der Waals surface area (Å²) in [7, 11) is 3.09. The number of rotatable bonds is 14. The molecule has 0 aliphatic heterocycles. The first-order valence-electron chi connectivity index (χ1n) is 23.2. The zero-order valence-corrected chi connectivity index (χ0v) is 47.7. The maximum absolute atomic E-state index is 12.3. The van der Waals surface area contributed by atoms with Crippen molar-refractivity contribution in [1.29, 1.82) is 0 Å². The Morgan fingerprint density at radius 3 is 0.973 bits per heavy atom. The van der Waals surface area contributed by atoms with Gasteiger partial charge in [0.2, 0.25) is 0 Å². The first-order chi connectivity index (χ1) is 34.6. The van der Waals surface area contributed by atoms with E-state index in [0.29, 0.717) is 76.1 Å². The van der Waals surface area contributed by atoms with E-state index in [1.807, 2.05) is 45.0 Å². The number of phenols is 3. The molecule has 396 valence electrons. The zero-order valence-electron chi connectivity index (χ0n) is 43.2. The van der Waals surface area contributed by atoms with Crippen molar-refractivity contribution in [2.75, 3.05) is 34.0 Å². The highest BCUT2D eigenvalue weighted by Crippen LogP contribution is 2.45. The van der Waals surface area contributed by atoms with Crippen LogP contribution in [0.4, 0.5) is 0 Å². The fourth-order valence-corrected chi connectivity index (χ4v) is 9.29. The standard InChI is InChI=1S/C20H22Cl2O3.C19H20Cl2O4.C18H18Cl2O4/c1-6-25-19(23)20(3,4)14-7-12(2)18(17(10-14)24-5)13-8-15(21)11-16(22)9-13;1-5-25-18(23)19(2,3)12-8-15(22)17(16(9-12)24-4)11-6-13(20)10-14(21)7-11;1-4-24-17(23)18(2,3)11-7-14(21)16(15(22)8-11)10-5-12(19)9-13(20)6-10/h7-11H,6H2,1-5H3;6-10,22H,5H2,1-4H3;5-9,21-22H,4H2,1-3H3. The van der Waals surface area contributed by atoms with Gasteiger partial charge in [0.25, 0.3) is 0 Å². The van der Waals surface area contributed by atoms with Crippen molar-refractivity contribution in [1.82, 2.24) is 0 Å². The average Bonchev–Trinajstić information content (AvgIpc) is 3.30. The van der Waals surface area contributed by atoms with Gasteiger partial charge < -0.3 is 39.0 Å². The van der Waals surface area contributed by atoms with Crippen LogP contribution in [0.5, 0.6) is 28.7 Å². The smallest absolute Gasteiger partial charge is 0.315 e. The van der Waals surface area contributed by atoms with Crippen LogP contribution in [0.15, 0.2) is 91.0 Å². The number of carbonyl (C=O) groups excluding carboxylic acids is 3. The molecule has 0 unspecified atom stereocenters. The molecule has 6 aromatic carbocycles. The molecule has 0 aromatic heterocycles. The molecule has 0 heterocycles. The average molecular weight is 1130 g/mol. The van der Waals surface area contributed by atoms with E-state index in [4.69, 9.17) is 93.3 Å². The van der Waals surface area contributed by atoms with Gasteiger partial charge in [-0.05, 0) is 193 Å². The van der Waals surface area contributed by atoms with E-state index in [2.05, 4.69) is 0 Å². The Kier molecular flexibility index (Phi) is 21.3. The minimum absolute atomic E-state index is 0.0370. The molecule has 0 amide bonds. The second kappa shape index (κ2) is 25.8. The summed E-state index contributed by atoms with van der Waals surface area (Å²) >= 11 is 36.4. The van der Waals surface area contributed by atoms with Crippen molar-refractivity contribution in [3.8, 4) is 62.1 Å². The van der Waals surface area contributed by atoms with Crippen LogP contribution in [0.1, 0.15) is 84.6 Å². The molecule has 17 heteroatoms. The molecule has 0 fully saturated rings. The van der Waals surface area contributed by atoms with E-state index in [9.17, 15) is 29.7 Å². The largest absolute Gasteiger partial charge is 0.507 e. The summed E-state index contributed by atoms with van der Waals surface area (Å²) in [5.74, 6) is -0.421. The molecular weight excluding hydrogens is 1070 g/mol. The Balaban J connectivity index is 0.000000240. The van der Waals surface area contributed by atoms with Crippen molar-refractivity contribution in [2.24, 2.45) is 0 Å². The van der Waals surface area contributed by atoms with Gasteiger partial charge in [0.1, 0.15) is 28.7 Å². The number of carbonyl (C=O) groups is 3. The summed E-state index contributed by atoms with van der Waals surface area (Å²) in [4.78, 5) is 36.7. The number of benzene rings is 6. The summed E-state index contributed by atoms with van der Waals surface area (Å²) in [5, 5.41) is 34.1. The Morgan fingerprint density at radius 1 is 0.405 bits per heavy atom. The van der Waals surface area contributed by atoms with Gasteiger partial charge >= 0.3 is 17.9 Å². The number of methoxy groups -OCH3 is 2. The van der Waals surface area contributed by atoms with Crippen molar-refractivity contribution < 1.29 is 53.4 Å². The summed E-state index contributed by atoms with van der Waals surface area (Å²) in [6.07, 6.45) is 0. The number of aryl methyl sites for hydroxylation is 1. The van der Waals surface area contributed by atoms with Gasteiger partial charge in [-0.25, -0.2) is 0 Å². The molecule has 0 atom stereocenters. The first kappa shape index (κ1) is 61.0. The third kappa shape index (κ3) is 14.6. The molecule has 11 nitrogen and oxygen atoms in total. The van der Waals surface area contributed by atoms with Crippen LogP contribution in [0.25, 0.3) is 33.4 Å². The molecule has 0 aliphatic carbocycles. The molecular formula is C57H60Cl6O11. The highest BCUT2D eigenvalue weighted by molar-refractivity contribution is 6.36. The number of esters is 3. The predicted molar refractivity (Wildman–Crippen MR) is 298 cm³/mol. The number of halogens is 6. The van der Waals surface area contributed by atoms with E-state index in [-0.39, 0.29) is 48.0 Å². The first-order valence-corrected chi connectivity index (χ1v) is 25.4. The number of phenolic OH excluding ortho intramolecular Hbond substituents is 3. The third-order valence-electron chi connectivity index (χ3n) is 11.9. The van der Waals surface area contributed by atoms with Gasteiger partial charge in [-0.15, -0.1) is 0 Å². The van der Waals surface area contributed by atoms with Gasteiger partial charge in [-0.2, -0.15) is 0 Å². The topological polar surface area (TPSA) is 158 Å². The van der Waals surface area contributed by atoms with Crippen molar-refractivity contribution in [3.05, 3.63) is 143 Å². The molecule has 0 bridgehead atoms. The van der Waals surface area contributed by atoms with Gasteiger partial charge in [-0.1, -0.05) is 75.7 Å². The van der Waals surface area contributed by atoms with E-state index < -0.39 is 22.2 Å². The van der Waals surface area contributed by atoms with Crippen LogP contribution in [0.3, 0.4) is 0 Å². The van der Waals surface area contributed by atoms with Crippen LogP contribution in [0, 0.1) is 6.92 Å². The van der Waals surface area contributed by atoms with Gasteiger partial charge in [0, 0.05) is 35.7 Å². The normalized spacial score (nSPS) is 11.3. The van der Waals surface area contributed by atoms with Gasteiger partial charge in [0.15, 0.2) is 0 Å². The number of aromatic hydroxyl groups is 3. The van der Waals surface area contributed by atoms with E-state index in [1.54, 1.807) is 104 Å². The molecule has 6 rings (SSSR count). The lowest BCUT2D eigenvalue weighted by Crippen LogP contribution is -2.31. The van der Waals surface area contributed by atoms with Crippen LogP contribution < -0.4 is 9.47 Å². The lowest BCUT2D eigenvalue weighted by molar-refractivity contribution is -0.149. The van der Waals surface area contributed by atoms with E-state index in [1.165, 1.54) is 25.3 Å². The number of ether oxygens (including phenoxy) is 5. The molecule has 0 radical (unpaired) electrons. The van der Waals surface area contributed by atoms with Gasteiger partial charge in [-0.3, -0.25) is 14.4 Å². The van der Waals surface area contributed by atoms with E-state index >= 15 is 0 Å². The molecule has 74 heavy (non-hydrogen) atoms. The monoisotopic (exact) mass is 1130 g/mol. The fraction of sp³-hybridized carbons (Fsp3) is 0.316. The zero-order chi connectivity index (χ0) is 55.6. The predicted octanol–water partition coefficient (Wildman–Crippen LogP) is 15.9.